The Morgan fingerprint density at radius 3 is 2.37 bits per heavy atom. The maximum Gasteiger partial charge on any atom is 0.416 e. The molecule has 1 N–H and O–H groups in total. The predicted molar refractivity (Wildman–Crippen MR) is 101 cm³/mol. The van der Waals surface area contributed by atoms with Crippen LogP contribution < -0.4 is 10.3 Å². The van der Waals surface area contributed by atoms with Crippen LogP contribution in [0.15, 0.2) is 53.6 Å². The van der Waals surface area contributed by atoms with Gasteiger partial charge in [0.15, 0.2) is 0 Å². The van der Waals surface area contributed by atoms with E-state index in [4.69, 9.17) is 0 Å². The van der Waals surface area contributed by atoms with Gasteiger partial charge in [-0.15, -0.1) is 0 Å². The number of nitrogens with one attached hydrogen (secondary N) is 1. The molecule has 0 saturated carbocycles. The molecule has 0 atom stereocenters. The van der Waals surface area contributed by atoms with Crippen LogP contribution in [0, 0.1) is 0 Å². The summed E-state index contributed by atoms with van der Waals surface area (Å²) in [7, 11) is 0. The van der Waals surface area contributed by atoms with Crippen molar-refractivity contribution >= 4 is 17.8 Å². The van der Waals surface area contributed by atoms with Gasteiger partial charge < -0.3 is 4.90 Å². The molecule has 0 aliphatic carbocycles. The minimum atomic E-state index is -4.43. The fourth-order valence-corrected chi connectivity index (χ4v) is 2.62. The number of benzene rings is 2. The molecular formula is C20H22F3N3O. The number of nitrogens with zero attached hydrogens (tertiary/aromatic N) is 2. The van der Waals surface area contributed by atoms with Crippen LogP contribution in [0.2, 0.25) is 0 Å². The van der Waals surface area contributed by atoms with Crippen molar-refractivity contribution in [2.24, 2.45) is 5.10 Å². The number of hydrazone groups is 1. The van der Waals surface area contributed by atoms with Gasteiger partial charge in [-0.05, 0) is 43.2 Å². The summed E-state index contributed by atoms with van der Waals surface area (Å²) in [5, 5.41) is 3.86. The number of hydrogen-bond acceptors (Lipinski definition) is 3. The average molecular weight is 377 g/mol. The Labute approximate surface area is 156 Å². The molecule has 0 heterocycles. The molecule has 0 unspecified atom stereocenters. The molecule has 4 nitrogen and oxygen atoms in total. The number of alkyl halides is 3. The summed E-state index contributed by atoms with van der Waals surface area (Å²) in [5.74, 6) is -0.481. The first kappa shape index (κ1) is 20.5. The van der Waals surface area contributed by atoms with Gasteiger partial charge in [-0.25, -0.2) is 5.43 Å². The van der Waals surface area contributed by atoms with Crippen LogP contribution in [0.25, 0.3) is 0 Å². The van der Waals surface area contributed by atoms with E-state index in [-0.39, 0.29) is 12.0 Å². The normalized spacial score (nSPS) is 11.6. The van der Waals surface area contributed by atoms with Crippen LogP contribution in [-0.4, -0.2) is 25.2 Å². The lowest BCUT2D eigenvalue weighted by atomic mass is 10.1. The van der Waals surface area contributed by atoms with E-state index >= 15 is 0 Å². The van der Waals surface area contributed by atoms with Crippen molar-refractivity contribution in [1.82, 2.24) is 5.43 Å². The molecule has 0 aliphatic heterocycles. The van der Waals surface area contributed by atoms with E-state index in [1.54, 1.807) is 0 Å². The van der Waals surface area contributed by atoms with E-state index < -0.39 is 17.6 Å². The first-order valence-electron chi connectivity index (χ1n) is 8.66. The highest BCUT2D eigenvalue weighted by Crippen LogP contribution is 2.29. The van der Waals surface area contributed by atoms with Crippen LogP contribution in [-0.2, 0) is 17.4 Å². The highest BCUT2D eigenvalue weighted by molar-refractivity contribution is 5.83. The maximum absolute atomic E-state index is 12.7. The Morgan fingerprint density at radius 2 is 1.78 bits per heavy atom. The first-order chi connectivity index (χ1) is 12.8. The molecular weight excluding hydrogens is 355 g/mol. The van der Waals surface area contributed by atoms with E-state index in [2.05, 4.69) is 29.3 Å². The molecule has 0 saturated heterocycles. The highest BCUT2D eigenvalue weighted by atomic mass is 19.4. The maximum atomic E-state index is 12.7. The Bertz CT molecular complexity index is 782. The van der Waals surface area contributed by atoms with E-state index in [0.29, 0.717) is 0 Å². The second kappa shape index (κ2) is 9.21. The number of halogens is 3. The minimum absolute atomic E-state index is 0.178. The molecule has 0 radical (unpaired) electrons. The number of hydrogen-bond donors (Lipinski definition) is 1. The monoisotopic (exact) mass is 377 g/mol. The second-order valence-corrected chi connectivity index (χ2v) is 5.93. The third-order valence-corrected chi connectivity index (χ3v) is 4.04. The number of carbonyl (C=O) groups is 1. The molecule has 2 aromatic carbocycles. The van der Waals surface area contributed by atoms with Gasteiger partial charge in [0, 0.05) is 18.8 Å². The van der Waals surface area contributed by atoms with Crippen molar-refractivity contribution in [1.29, 1.82) is 0 Å². The van der Waals surface area contributed by atoms with Crippen LogP contribution in [0.5, 0.6) is 0 Å². The Hall–Kier alpha value is -2.83. The van der Waals surface area contributed by atoms with E-state index in [9.17, 15) is 18.0 Å². The summed E-state index contributed by atoms with van der Waals surface area (Å²) in [6, 6.07) is 12.4. The van der Waals surface area contributed by atoms with Gasteiger partial charge in [0.2, 0.25) is 5.91 Å². The predicted octanol–water partition coefficient (Wildman–Crippen LogP) is 4.24. The topological polar surface area (TPSA) is 44.7 Å². The fourth-order valence-electron chi connectivity index (χ4n) is 2.62. The van der Waals surface area contributed by atoms with Crippen molar-refractivity contribution in [2.45, 2.75) is 26.4 Å². The summed E-state index contributed by atoms with van der Waals surface area (Å²) in [4.78, 5) is 14.1. The molecule has 0 aliphatic rings. The molecule has 0 fully saturated rings. The molecule has 7 heteroatoms. The van der Waals surface area contributed by atoms with E-state index in [1.165, 1.54) is 18.3 Å². The second-order valence-electron chi connectivity index (χ2n) is 5.93. The Morgan fingerprint density at radius 1 is 1.11 bits per heavy atom. The van der Waals surface area contributed by atoms with Gasteiger partial charge >= 0.3 is 6.18 Å². The summed E-state index contributed by atoms with van der Waals surface area (Å²) in [6.07, 6.45) is -3.11. The SMILES string of the molecule is CCN(CC)c1ccc(C=NNC(=O)Cc2cccc(C(F)(F)F)c2)cc1. The lowest BCUT2D eigenvalue weighted by Crippen LogP contribution is -2.21. The van der Waals surface area contributed by atoms with Crippen LogP contribution in [0.1, 0.15) is 30.5 Å². The van der Waals surface area contributed by atoms with Crippen LogP contribution >= 0.6 is 0 Å². The van der Waals surface area contributed by atoms with Gasteiger partial charge in [0.25, 0.3) is 0 Å². The van der Waals surface area contributed by atoms with E-state index in [0.717, 1.165) is 36.5 Å². The van der Waals surface area contributed by atoms with Gasteiger partial charge in [-0.1, -0.05) is 30.3 Å². The molecule has 0 aromatic heterocycles. The Kier molecular flexibility index (Phi) is 6.98. The highest BCUT2D eigenvalue weighted by Gasteiger charge is 2.30. The molecule has 2 rings (SSSR count). The zero-order valence-electron chi connectivity index (χ0n) is 15.3. The molecule has 0 bridgehead atoms. The van der Waals surface area contributed by atoms with Crippen molar-refractivity contribution < 1.29 is 18.0 Å². The summed E-state index contributed by atoms with van der Waals surface area (Å²) >= 11 is 0. The summed E-state index contributed by atoms with van der Waals surface area (Å²) in [6.45, 7) is 5.99. The van der Waals surface area contributed by atoms with Gasteiger partial charge in [0.05, 0.1) is 18.2 Å². The van der Waals surface area contributed by atoms with Crippen molar-refractivity contribution in [2.75, 3.05) is 18.0 Å². The number of anilines is 1. The first-order valence-corrected chi connectivity index (χ1v) is 8.66. The van der Waals surface area contributed by atoms with Crippen molar-refractivity contribution in [3.05, 3.63) is 65.2 Å². The van der Waals surface area contributed by atoms with E-state index in [1.807, 2.05) is 24.3 Å². The van der Waals surface area contributed by atoms with Crippen molar-refractivity contribution in [3.63, 3.8) is 0 Å². The zero-order valence-corrected chi connectivity index (χ0v) is 15.3. The molecule has 144 valence electrons. The summed E-state index contributed by atoms with van der Waals surface area (Å²) in [5.41, 5.74) is 3.75. The number of rotatable bonds is 7. The molecule has 0 spiro atoms. The van der Waals surface area contributed by atoms with Gasteiger partial charge in [-0.3, -0.25) is 4.79 Å². The third-order valence-electron chi connectivity index (χ3n) is 4.04. The largest absolute Gasteiger partial charge is 0.416 e. The van der Waals surface area contributed by atoms with Crippen LogP contribution in [0.3, 0.4) is 0 Å². The van der Waals surface area contributed by atoms with Gasteiger partial charge in [-0.2, -0.15) is 18.3 Å². The lowest BCUT2D eigenvalue weighted by molar-refractivity contribution is -0.137. The van der Waals surface area contributed by atoms with Crippen LogP contribution in [0.4, 0.5) is 18.9 Å². The minimum Gasteiger partial charge on any atom is -0.372 e. The standard InChI is InChI=1S/C20H22F3N3O/c1-3-26(4-2)18-10-8-15(9-11-18)14-24-25-19(27)13-16-6-5-7-17(12-16)20(21,22)23/h5-12,14H,3-4,13H2,1-2H3,(H,25,27). The fraction of sp³-hybridized carbons (Fsp3) is 0.300. The molecule has 27 heavy (non-hydrogen) atoms. The van der Waals surface area contributed by atoms with Crippen molar-refractivity contribution in [3.8, 4) is 0 Å². The Balaban J connectivity index is 1.92. The summed E-state index contributed by atoms with van der Waals surface area (Å²) < 4.78 is 38.1. The molecule has 1 amide bonds. The third kappa shape index (κ3) is 6.13. The number of carbonyl (C=O) groups excluding carboxylic acids is 1. The smallest absolute Gasteiger partial charge is 0.372 e. The lowest BCUT2D eigenvalue weighted by Gasteiger charge is -2.20. The molecule has 2 aromatic rings. The number of amides is 1. The quantitative estimate of drug-likeness (QED) is 0.579. The van der Waals surface area contributed by atoms with Gasteiger partial charge in [0.1, 0.15) is 0 Å². The average Bonchev–Trinajstić information content (AvgIpc) is 2.63. The zero-order chi connectivity index (χ0) is 19.9.